The van der Waals surface area contributed by atoms with Crippen molar-refractivity contribution in [1.82, 2.24) is 8.87 Å². The summed E-state index contributed by atoms with van der Waals surface area (Å²) < 4.78 is 33.7. The summed E-state index contributed by atoms with van der Waals surface area (Å²) in [5.74, 6) is -0.336. The highest BCUT2D eigenvalue weighted by atomic mass is 32.2. The third kappa shape index (κ3) is 3.67. The monoisotopic (exact) mass is 377 g/mol. The molecule has 3 rings (SSSR count). The Bertz CT molecular complexity index is 899. The van der Waals surface area contributed by atoms with E-state index in [1.165, 1.54) is 21.1 Å². The van der Waals surface area contributed by atoms with Crippen LogP contribution in [-0.4, -0.2) is 49.5 Å². The predicted octanol–water partition coefficient (Wildman–Crippen LogP) is 1.86. The van der Waals surface area contributed by atoms with E-state index >= 15 is 0 Å². The average Bonchev–Trinajstić information content (AvgIpc) is 3.05. The van der Waals surface area contributed by atoms with Crippen molar-refractivity contribution in [1.29, 1.82) is 0 Å². The number of hydrogen-bond acceptors (Lipinski definition) is 4. The maximum absolute atomic E-state index is 12.8. The van der Waals surface area contributed by atoms with Gasteiger partial charge in [-0.05, 0) is 24.1 Å². The molecule has 1 aromatic carbocycles. The molecular formula is C18H23N3O4S. The first-order valence-electron chi connectivity index (χ1n) is 8.57. The Hall–Kier alpha value is -2.16. The number of amides is 1. The molecule has 0 unspecified atom stereocenters. The zero-order chi connectivity index (χ0) is 18.7. The van der Waals surface area contributed by atoms with Crippen LogP contribution in [0.15, 0.2) is 41.4 Å². The van der Waals surface area contributed by atoms with E-state index in [1.54, 1.807) is 7.05 Å². The van der Waals surface area contributed by atoms with Crippen molar-refractivity contribution < 1.29 is 17.9 Å². The Morgan fingerprint density at radius 3 is 2.62 bits per heavy atom. The standard InChI is InChI=1S/C18H23N3O4S/c1-3-14-6-4-5-7-16(14)19-18(22)17-12-15(13-20(17)2)26(23,24)21-8-10-25-11-9-21/h4-7,12-13H,3,8-11H2,1-2H3,(H,19,22). The van der Waals surface area contributed by atoms with Crippen molar-refractivity contribution in [3.8, 4) is 0 Å². The molecule has 0 radical (unpaired) electrons. The van der Waals surface area contributed by atoms with Crippen LogP contribution in [-0.2, 0) is 28.2 Å². The first kappa shape index (κ1) is 18.6. The molecule has 1 N–H and O–H groups in total. The molecule has 1 fully saturated rings. The topological polar surface area (TPSA) is 80.6 Å². The van der Waals surface area contributed by atoms with Crippen molar-refractivity contribution in [2.24, 2.45) is 7.05 Å². The predicted molar refractivity (Wildman–Crippen MR) is 98.8 cm³/mol. The highest BCUT2D eigenvalue weighted by Gasteiger charge is 2.28. The van der Waals surface area contributed by atoms with E-state index in [-0.39, 0.29) is 10.8 Å². The molecular weight excluding hydrogens is 354 g/mol. The molecule has 1 aliphatic heterocycles. The summed E-state index contributed by atoms with van der Waals surface area (Å²) in [5, 5.41) is 2.87. The van der Waals surface area contributed by atoms with Crippen molar-refractivity contribution in [2.75, 3.05) is 31.6 Å². The van der Waals surface area contributed by atoms with E-state index in [0.29, 0.717) is 32.0 Å². The van der Waals surface area contributed by atoms with Crippen molar-refractivity contribution in [3.05, 3.63) is 47.8 Å². The Labute approximate surface area is 153 Å². The molecule has 1 saturated heterocycles. The van der Waals surface area contributed by atoms with Crippen LogP contribution in [0.5, 0.6) is 0 Å². The number of hydrogen-bond donors (Lipinski definition) is 1. The highest BCUT2D eigenvalue weighted by Crippen LogP contribution is 2.21. The lowest BCUT2D eigenvalue weighted by Crippen LogP contribution is -2.40. The number of anilines is 1. The summed E-state index contributed by atoms with van der Waals surface area (Å²) in [6.45, 7) is 3.42. The SMILES string of the molecule is CCc1ccccc1NC(=O)c1cc(S(=O)(=O)N2CCOCC2)cn1C. The third-order valence-electron chi connectivity index (χ3n) is 4.47. The molecule has 1 aliphatic rings. The number of benzene rings is 1. The second-order valence-electron chi connectivity index (χ2n) is 6.15. The summed E-state index contributed by atoms with van der Waals surface area (Å²) in [6, 6.07) is 8.99. The zero-order valence-electron chi connectivity index (χ0n) is 14.9. The zero-order valence-corrected chi connectivity index (χ0v) is 15.8. The number of ether oxygens (including phenoxy) is 1. The first-order valence-corrected chi connectivity index (χ1v) is 10.0. The molecule has 140 valence electrons. The van der Waals surface area contributed by atoms with Gasteiger partial charge in [0.1, 0.15) is 10.6 Å². The maximum atomic E-state index is 12.8. The van der Waals surface area contributed by atoms with Gasteiger partial charge in [-0.2, -0.15) is 4.31 Å². The Morgan fingerprint density at radius 2 is 1.92 bits per heavy atom. The number of para-hydroxylation sites is 1. The molecule has 1 aromatic heterocycles. The number of nitrogens with one attached hydrogen (secondary N) is 1. The van der Waals surface area contributed by atoms with Crippen LogP contribution in [0.2, 0.25) is 0 Å². The van der Waals surface area contributed by atoms with E-state index in [9.17, 15) is 13.2 Å². The van der Waals surface area contributed by atoms with Crippen LogP contribution in [0, 0.1) is 0 Å². The largest absolute Gasteiger partial charge is 0.379 e. The van der Waals surface area contributed by atoms with E-state index in [0.717, 1.165) is 17.7 Å². The van der Waals surface area contributed by atoms with Gasteiger partial charge in [-0.15, -0.1) is 0 Å². The fourth-order valence-corrected chi connectivity index (χ4v) is 4.45. The molecule has 26 heavy (non-hydrogen) atoms. The van der Waals surface area contributed by atoms with Crippen molar-refractivity contribution in [3.63, 3.8) is 0 Å². The van der Waals surface area contributed by atoms with Gasteiger partial charge in [0.25, 0.3) is 5.91 Å². The lowest BCUT2D eigenvalue weighted by Gasteiger charge is -2.25. The third-order valence-corrected chi connectivity index (χ3v) is 6.33. The number of carbonyl (C=O) groups is 1. The fourth-order valence-electron chi connectivity index (χ4n) is 2.97. The van der Waals surface area contributed by atoms with Gasteiger partial charge in [0.2, 0.25) is 10.0 Å². The second kappa shape index (κ2) is 7.61. The van der Waals surface area contributed by atoms with Crippen LogP contribution in [0.3, 0.4) is 0 Å². The molecule has 0 spiro atoms. The summed E-state index contributed by atoms with van der Waals surface area (Å²) >= 11 is 0. The van der Waals surface area contributed by atoms with Gasteiger partial charge in [-0.3, -0.25) is 4.79 Å². The van der Waals surface area contributed by atoms with Gasteiger partial charge in [0, 0.05) is 32.0 Å². The molecule has 0 atom stereocenters. The smallest absolute Gasteiger partial charge is 0.272 e. The number of nitrogens with zero attached hydrogens (tertiary/aromatic N) is 2. The summed E-state index contributed by atoms with van der Waals surface area (Å²) in [5.41, 5.74) is 2.05. The fraction of sp³-hybridized carbons (Fsp3) is 0.389. The molecule has 0 aliphatic carbocycles. The minimum Gasteiger partial charge on any atom is -0.379 e. The quantitative estimate of drug-likeness (QED) is 0.862. The van der Waals surface area contributed by atoms with Crippen LogP contribution >= 0.6 is 0 Å². The van der Waals surface area contributed by atoms with Gasteiger partial charge in [-0.25, -0.2) is 8.42 Å². The summed E-state index contributed by atoms with van der Waals surface area (Å²) in [6.07, 6.45) is 2.27. The van der Waals surface area contributed by atoms with Crippen LogP contribution in [0.1, 0.15) is 23.0 Å². The molecule has 2 aromatic rings. The second-order valence-corrected chi connectivity index (χ2v) is 8.09. The van der Waals surface area contributed by atoms with E-state index < -0.39 is 10.0 Å². The number of carbonyl (C=O) groups excluding carboxylic acids is 1. The molecule has 0 bridgehead atoms. The minimum atomic E-state index is -3.63. The summed E-state index contributed by atoms with van der Waals surface area (Å²) in [4.78, 5) is 12.8. The number of aryl methyl sites for hydroxylation is 2. The number of morpholine rings is 1. The summed E-state index contributed by atoms with van der Waals surface area (Å²) in [7, 11) is -1.96. The van der Waals surface area contributed by atoms with Gasteiger partial charge in [-0.1, -0.05) is 25.1 Å². The van der Waals surface area contributed by atoms with Crippen molar-refractivity contribution in [2.45, 2.75) is 18.2 Å². The van der Waals surface area contributed by atoms with Crippen molar-refractivity contribution >= 4 is 21.6 Å². The number of rotatable bonds is 5. The maximum Gasteiger partial charge on any atom is 0.272 e. The van der Waals surface area contributed by atoms with Crippen LogP contribution in [0.25, 0.3) is 0 Å². The normalized spacial score (nSPS) is 15.8. The molecule has 0 saturated carbocycles. The lowest BCUT2D eigenvalue weighted by molar-refractivity contribution is 0.0730. The lowest BCUT2D eigenvalue weighted by atomic mass is 10.1. The molecule has 1 amide bonds. The molecule has 8 heteroatoms. The van der Waals surface area contributed by atoms with E-state index in [1.807, 2.05) is 31.2 Å². The number of sulfonamides is 1. The van der Waals surface area contributed by atoms with Gasteiger partial charge in [0.15, 0.2) is 0 Å². The van der Waals surface area contributed by atoms with Crippen LogP contribution in [0.4, 0.5) is 5.69 Å². The van der Waals surface area contributed by atoms with Crippen LogP contribution < -0.4 is 5.32 Å². The average molecular weight is 377 g/mol. The Kier molecular flexibility index (Phi) is 5.45. The Balaban J connectivity index is 1.84. The first-order chi connectivity index (χ1) is 12.4. The van der Waals surface area contributed by atoms with Gasteiger partial charge in [0.05, 0.1) is 13.2 Å². The van der Waals surface area contributed by atoms with E-state index in [2.05, 4.69) is 5.32 Å². The molecule has 7 nitrogen and oxygen atoms in total. The Morgan fingerprint density at radius 1 is 1.23 bits per heavy atom. The van der Waals surface area contributed by atoms with Gasteiger partial charge < -0.3 is 14.6 Å². The van der Waals surface area contributed by atoms with E-state index in [4.69, 9.17) is 4.74 Å². The van der Waals surface area contributed by atoms with Gasteiger partial charge >= 0.3 is 0 Å². The highest BCUT2D eigenvalue weighted by molar-refractivity contribution is 7.89. The molecule has 2 heterocycles. The minimum absolute atomic E-state index is 0.121. The number of aromatic nitrogens is 1.